The van der Waals surface area contributed by atoms with E-state index in [1.54, 1.807) is 11.3 Å². The van der Waals surface area contributed by atoms with Crippen molar-refractivity contribution in [1.29, 1.82) is 0 Å². The summed E-state index contributed by atoms with van der Waals surface area (Å²) in [5, 5.41) is 13.5. The average molecular weight is 407 g/mol. The summed E-state index contributed by atoms with van der Waals surface area (Å²) in [5.74, 6) is 0.228. The van der Waals surface area contributed by atoms with Crippen LogP contribution in [0.4, 0.5) is 0 Å². The number of esters is 1. The fourth-order valence-corrected chi connectivity index (χ4v) is 6.66. The zero-order chi connectivity index (χ0) is 18.5. The quantitative estimate of drug-likeness (QED) is 0.613. The van der Waals surface area contributed by atoms with Gasteiger partial charge in [0.05, 0.1) is 30.7 Å². The van der Waals surface area contributed by atoms with Gasteiger partial charge in [-0.1, -0.05) is 25.3 Å². The molecule has 2 aliphatic carbocycles. The van der Waals surface area contributed by atoms with E-state index in [0.29, 0.717) is 12.3 Å². The van der Waals surface area contributed by atoms with Crippen LogP contribution in [0.1, 0.15) is 43.4 Å². The first-order chi connectivity index (χ1) is 13.1. The van der Waals surface area contributed by atoms with Gasteiger partial charge in [-0.2, -0.15) is 0 Å². The first-order valence-electron chi connectivity index (χ1n) is 10.1. The zero-order valence-electron chi connectivity index (χ0n) is 15.3. The Hall–Kier alpha value is -1.18. The van der Waals surface area contributed by atoms with Crippen LogP contribution in [0.2, 0.25) is 0 Å². The van der Waals surface area contributed by atoms with Gasteiger partial charge >= 0.3 is 5.97 Å². The van der Waals surface area contributed by atoms with E-state index in [9.17, 15) is 9.90 Å². The van der Waals surface area contributed by atoms with Gasteiger partial charge in [-0.05, 0) is 48.8 Å². The molecule has 5 aliphatic rings. The van der Waals surface area contributed by atoms with Crippen LogP contribution in [0.25, 0.3) is 0 Å². The summed E-state index contributed by atoms with van der Waals surface area (Å²) < 4.78 is 5.63. The molecule has 5 fully saturated rings. The van der Waals surface area contributed by atoms with Gasteiger partial charge < -0.3 is 19.6 Å². The maximum absolute atomic E-state index is 12.5. The highest BCUT2D eigenvalue weighted by molar-refractivity contribution is 7.80. The van der Waals surface area contributed by atoms with Crippen LogP contribution in [-0.2, 0) is 16.1 Å². The Balaban J connectivity index is 1.46. The molecule has 5 unspecified atom stereocenters. The minimum Gasteiger partial charge on any atom is -0.457 e. The highest BCUT2D eigenvalue weighted by atomic mass is 32.1. The maximum Gasteiger partial charge on any atom is 0.311 e. The number of carbonyl (C=O) groups is 1. The number of nitrogens with zero attached hydrogens (tertiary/aromatic N) is 2. The van der Waals surface area contributed by atoms with E-state index in [4.69, 9.17) is 17.0 Å². The molecule has 1 N–H and O–H groups in total. The lowest BCUT2D eigenvalue weighted by Crippen LogP contribution is -2.66. The second-order valence-electron chi connectivity index (χ2n) is 8.44. The zero-order valence-corrected chi connectivity index (χ0v) is 17.0. The summed E-state index contributed by atoms with van der Waals surface area (Å²) in [6, 6.07) is 4.19. The summed E-state index contributed by atoms with van der Waals surface area (Å²) in [4.78, 5) is 18.3. The molecular formula is C20H26N2O3S2. The Morgan fingerprint density at radius 2 is 2.04 bits per heavy atom. The van der Waals surface area contributed by atoms with Crippen molar-refractivity contribution >= 4 is 34.6 Å². The van der Waals surface area contributed by atoms with Crippen molar-refractivity contribution in [3.8, 4) is 0 Å². The molecule has 5 nitrogen and oxygen atoms in total. The standard InChI is InChI=1S/C20H26N2O3S2/c23-15-9-14-16-17(18(15)25-19(14)24)22(11-13-7-4-8-27-13)20(26)21(16)10-12-5-2-1-3-6-12/h4,7-8,12,14-18,23H,1-3,5-6,9-11H2. The second kappa shape index (κ2) is 7.01. The number of rotatable bonds is 4. The van der Waals surface area contributed by atoms with Crippen LogP contribution in [0.3, 0.4) is 0 Å². The highest BCUT2D eigenvalue weighted by Crippen LogP contribution is 2.45. The van der Waals surface area contributed by atoms with Gasteiger partial charge in [-0.25, -0.2) is 0 Å². The van der Waals surface area contributed by atoms with Crippen LogP contribution >= 0.6 is 23.6 Å². The molecule has 0 amide bonds. The van der Waals surface area contributed by atoms with Crippen LogP contribution in [0, 0.1) is 11.8 Å². The summed E-state index contributed by atoms with van der Waals surface area (Å²) in [6.07, 6.45) is 5.88. The Bertz CT molecular complexity index is 719. The van der Waals surface area contributed by atoms with E-state index < -0.39 is 12.2 Å². The lowest BCUT2D eigenvalue weighted by atomic mass is 9.74. The Kier molecular flexibility index (Phi) is 4.64. The molecule has 1 aromatic heterocycles. The number of hydrogen-bond acceptors (Lipinski definition) is 5. The fraction of sp³-hybridized carbons (Fsp3) is 0.700. The molecule has 2 bridgehead atoms. The highest BCUT2D eigenvalue weighted by Gasteiger charge is 2.62. The van der Waals surface area contributed by atoms with Gasteiger partial charge in [-0.15, -0.1) is 11.3 Å². The molecule has 146 valence electrons. The SMILES string of the molecule is O=C1OC2C(O)CC1C1C2N(Cc2cccs2)C(=S)N1CC1CCCCC1. The third-order valence-electron chi connectivity index (χ3n) is 6.83. The van der Waals surface area contributed by atoms with Crippen LogP contribution < -0.4 is 0 Å². The topological polar surface area (TPSA) is 53.0 Å². The Morgan fingerprint density at radius 1 is 1.22 bits per heavy atom. The molecule has 6 rings (SSSR count). The van der Waals surface area contributed by atoms with Gasteiger partial charge in [0.1, 0.15) is 6.10 Å². The molecule has 3 aliphatic heterocycles. The van der Waals surface area contributed by atoms with E-state index in [0.717, 1.165) is 18.2 Å². The van der Waals surface area contributed by atoms with Gasteiger partial charge in [0.15, 0.2) is 5.11 Å². The first kappa shape index (κ1) is 17.9. The summed E-state index contributed by atoms with van der Waals surface area (Å²) >= 11 is 7.66. The number of aliphatic hydroxyl groups is 1. The second-order valence-corrected chi connectivity index (χ2v) is 9.84. The Morgan fingerprint density at radius 3 is 2.78 bits per heavy atom. The number of ether oxygens (including phenoxy) is 1. The smallest absolute Gasteiger partial charge is 0.311 e. The van der Waals surface area contributed by atoms with Crippen molar-refractivity contribution in [3.05, 3.63) is 22.4 Å². The molecule has 1 aromatic rings. The molecule has 0 radical (unpaired) electrons. The molecule has 4 heterocycles. The minimum absolute atomic E-state index is 0.0327. The normalized spacial score (nSPS) is 36.3. The lowest BCUT2D eigenvalue weighted by molar-refractivity contribution is -0.199. The van der Waals surface area contributed by atoms with E-state index >= 15 is 0 Å². The fourth-order valence-electron chi connectivity index (χ4n) is 5.57. The molecule has 27 heavy (non-hydrogen) atoms. The predicted octanol–water partition coefficient (Wildman–Crippen LogP) is 2.77. The molecular weight excluding hydrogens is 380 g/mol. The lowest BCUT2D eigenvalue weighted by Gasteiger charge is -2.49. The predicted molar refractivity (Wildman–Crippen MR) is 107 cm³/mol. The number of thiocarbonyl (C=S) groups is 1. The van der Waals surface area contributed by atoms with E-state index in [2.05, 4.69) is 27.3 Å². The molecule has 7 heteroatoms. The van der Waals surface area contributed by atoms with Crippen molar-refractivity contribution in [1.82, 2.24) is 9.80 Å². The van der Waals surface area contributed by atoms with E-state index in [1.807, 2.05) is 0 Å². The monoisotopic (exact) mass is 406 g/mol. The molecule has 2 saturated carbocycles. The van der Waals surface area contributed by atoms with Gasteiger partial charge in [-0.3, -0.25) is 4.79 Å². The first-order valence-corrected chi connectivity index (χ1v) is 11.4. The summed E-state index contributed by atoms with van der Waals surface area (Å²) in [6.45, 7) is 1.67. The molecule has 3 saturated heterocycles. The number of carbonyl (C=O) groups excluding carboxylic acids is 1. The minimum atomic E-state index is -0.586. The van der Waals surface area contributed by atoms with Crippen LogP contribution in [0.5, 0.6) is 0 Å². The van der Waals surface area contributed by atoms with Crippen LogP contribution in [-0.4, -0.2) is 56.8 Å². The van der Waals surface area contributed by atoms with Crippen molar-refractivity contribution < 1.29 is 14.6 Å². The van der Waals surface area contributed by atoms with Crippen molar-refractivity contribution in [2.24, 2.45) is 11.8 Å². The third kappa shape index (κ3) is 2.98. The third-order valence-corrected chi connectivity index (χ3v) is 8.16. The van der Waals surface area contributed by atoms with E-state index in [1.165, 1.54) is 37.0 Å². The van der Waals surface area contributed by atoms with Gasteiger partial charge in [0.25, 0.3) is 0 Å². The van der Waals surface area contributed by atoms with Crippen molar-refractivity contribution in [2.75, 3.05) is 6.54 Å². The number of fused-ring (bicyclic) bond motifs is 2. The van der Waals surface area contributed by atoms with Crippen molar-refractivity contribution in [3.63, 3.8) is 0 Å². The average Bonchev–Trinajstić information content (AvgIpc) is 3.27. The largest absolute Gasteiger partial charge is 0.457 e. The summed E-state index contributed by atoms with van der Waals surface area (Å²) in [5.41, 5.74) is 0. The van der Waals surface area contributed by atoms with Crippen molar-refractivity contribution in [2.45, 2.75) is 69.4 Å². The van der Waals surface area contributed by atoms with E-state index in [-0.39, 0.29) is 24.0 Å². The van der Waals surface area contributed by atoms with Gasteiger partial charge in [0, 0.05) is 11.4 Å². The Labute approximate surface area is 169 Å². The summed E-state index contributed by atoms with van der Waals surface area (Å²) in [7, 11) is 0. The number of thiophene rings is 1. The number of aliphatic hydroxyl groups excluding tert-OH is 1. The molecule has 5 atom stereocenters. The molecule has 0 spiro atoms. The molecule has 0 aromatic carbocycles. The van der Waals surface area contributed by atoms with Crippen LogP contribution in [0.15, 0.2) is 17.5 Å². The number of hydrogen-bond donors (Lipinski definition) is 1. The maximum atomic E-state index is 12.5. The van der Waals surface area contributed by atoms with Gasteiger partial charge in [0.2, 0.25) is 0 Å².